The Bertz CT molecular complexity index is 282. The molecule has 1 nitrogen and oxygen atoms in total. The van der Waals surface area contributed by atoms with E-state index >= 15 is 0 Å². The predicted octanol–water partition coefficient (Wildman–Crippen LogP) is 9.33. The highest BCUT2D eigenvalue weighted by Gasteiger charge is 2.19. The molecule has 0 saturated heterocycles. The van der Waals surface area contributed by atoms with E-state index in [2.05, 4.69) is 0 Å². The van der Waals surface area contributed by atoms with Crippen molar-refractivity contribution in [3.8, 4) is 0 Å². The van der Waals surface area contributed by atoms with E-state index in [0.29, 0.717) is 6.61 Å². The van der Waals surface area contributed by atoms with E-state index in [1.54, 1.807) is 0 Å². The summed E-state index contributed by atoms with van der Waals surface area (Å²) in [5.41, 5.74) is 0. The zero-order chi connectivity index (χ0) is 20.1. The molecule has 0 unspecified atom stereocenters. The second kappa shape index (κ2) is 21.5. The molecule has 1 N–H and O–H groups in total. The molecule has 0 aromatic carbocycles. The summed E-state index contributed by atoms with van der Waals surface area (Å²) in [4.78, 5) is 0. The second-order valence-electron chi connectivity index (χ2n) is 8.61. The van der Waals surface area contributed by atoms with E-state index in [0.717, 1.165) is 12.5 Å². The molecule has 0 heterocycles. The fourth-order valence-corrected chi connectivity index (χ4v) is 5.40. The SMILES string of the molecule is C[Si](Cl)(Cl)CCCCCCCCCCCCCCCCCCCCCCO. The van der Waals surface area contributed by atoms with Crippen molar-refractivity contribution in [3.63, 3.8) is 0 Å². The highest BCUT2D eigenvalue weighted by atomic mass is 35.7. The van der Waals surface area contributed by atoms with Crippen LogP contribution >= 0.6 is 22.2 Å². The number of aliphatic hydroxyl groups excluding tert-OH is 1. The molecule has 0 rings (SSSR count). The minimum absolute atomic E-state index is 0.367. The molecule has 0 saturated carbocycles. The first kappa shape index (κ1) is 27.8. The van der Waals surface area contributed by atoms with Crippen LogP contribution in [0.15, 0.2) is 0 Å². The first-order chi connectivity index (χ1) is 13.1. The monoisotopic (exact) mass is 438 g/mol. The van der Waals surface area contributed by atoms with E-state index < -0.39 is 6.69 Å². The molecular weight excluding hydrogens is 391 g/mol. The first-order valence-electron chi connectivity index (χ1n) is 12.0. The van der Waals surface area contributed by atoms with Gasteiger partial charge in [0.05, 0.1) is 0 Å². The third-order valence-electron chi connectivity index (χ3n) is 5.52. The van der Waals surface area contributed by atoms with E-state index in [1.807, 2.05) is 6.55 Å². The van der Waals surface area contributed by atoms with Gasteiger partial charge in [-0.1, -0.05) is 122 Å². The van der Waals surface area contributed by atoms with Gasteiger partial charge in [0.1, 0.15) is 0 Å². The Balaban J connectivity index is 3.01. The van der Waals surface area contributed by atoms with Gasteiger partial charge in [0.25, 0.3) is 0 Å². The molecule has 0 spiro atoms. The molecule has 0 aliphatic heterocycles. The van der Waals surface area contributed by atoms with Crippen LogP contribution in [0.1, 0.15) is 128 Å². The fourth-order valence-electron chi connectivity index (χ4n) is 3.73. The van der Waals surface area contributed by atoms with Crippen molar-refractivity contribution in [2.24, 2.45) is 0 Å². The van der Waals surface area contributed by atoms with Gasteiger partial charge in [0, 0.05) is 6.61 Å². The molecule has 4 heteroatoms. The van der Waals surface area contributed by atoms with Gasteiger partial charge in [-0.05, 0) is 19.0 Å². The van der Waals surface area contributed by atoms with Crippen LogP contribution in [-0.4, -0.2) is 18.4 Å². The van der Waals surface area contributed by atoms with Crippen LogP contribution < -0.4 is 0 Å². The molecule has 0 aliphatic carbocycles. The molecule has 0 aromatic rings. The summed E-state index contributed by atoms with van der Waals surface area (Å²) in [5, 5.41) is 8.73. The maximum atomic E-state index is 8.73. The summed E-state index contributed by atoms with van der Waals surface area (Å²) in [6, 6.07) is 1.06. The summed E-state index contributed by atoms with van der Waals surface area (Å²) in [7, 11) is 0. The molecule has 0 fully saturated rings. The Morgan fingerprint density at radius 2 is 0.667 bits per heavy atom. The summed E-state index contributed by atoms with van der Waals surface area (Å²) in [6.45, 7) is 0.560. The van der Waals surface area contributed by atoms with Crippen molar-refractivity contribution in [2.75, 3.05) is 6.61 Å². The summed E-state index contributed by atoms with van der Waals surface area (Å²) < 4.78 is 0. The maximum absolute atomic E-state index is 8.73. The third-order valence-corrected chi connectivity index (χ3v) is 7.89. The summed E-state index contributed by atoms with van der Waals surface area (Å²) in [6.07, 6.45) is 27.3. The van der Waals surface area contributed by atoms with Crippen LogP contribution in [0.4, 0.5) is 0 Å². The van der Waals surface area contributed by atoms with Gasteiger partial charge in [0.15, 0.2) is 0 Å². The van der Waals surface area contributed by atoms with Gasteiger partial charge < -0.3 is 5.11 Å². The molecule has 0 atom stereocenters. The van der Waals surface area contributed by atoms with Crippen molar-refractivity contribution >= 4 is 28.9 Å². The smallest absolute Gasteiger partial charge is 0.248 e. The number of hydrogen-bond acceptors (Lipinski definition) is 1. The number of rotatable bonds is 22. The molecule has 0 aliphatic rings. The molecule has 27 heavy (non-hydrogen) atoms. The molecule has 0 aromatic heterocycles. The Labute approximate surface area is 181 Å². The van der Waals surface area contributed by atoms with Gasteiger partial charge >= 0.3 is 0 Å². The minimum Gasteiger partial charge on any atom is -0.396 e. The second-order valence-corrected chi connectivity index (χ2v) is 16.8. The molecule has 164 valence electrons. The van der Waals surface area contributed by atoms with Crippen molar-refractivity contribution in [2.45, 2.75) is 141 Å². The number of halogens is 2. The fraction of sp³-hybridized carbons (Fsp3) is 1.00. The van der Waals surface area contributed by atoms with Crippen molar-refractivity contribution in [3.05, 3.63) is 0 Å². The summed E-state index contributed by atoms with van der Waals surface area (Å²) >= 11 is 12.2. The van der Waals surface area contributed by atoms with Crippen LogP contribution in [-0.2, 0) is 0 Å². The molecule has 0 bridgehead atoms. The van der Waals surface area contributed by atoms with Crippen LogP contribution in [0.25, 0.3) is 0 Å². The molecular formula is C23H48Cl2OSi. The van der Waals surface area contributed by atoms with Gasteiger partial charge in [-0.15, -0.1) is 22.2 Å². The Hall–Kier alpha value is 0.757. The maximum Gasteiger partial charge on any atom is 0.248 e. The normalized spacial score (nSPS) is 12.0. The number of hydrogen-bond donors (Lipinski definition) is 1. The Kier molecular flexibility index (Phi) is 22.1. The average molecular weight is 440 g/mol. The van der Waals surface area contributed by atoms with Crippen molar-refractivity contribution in [1.29, 1.82) is 0 Å². The zero-order valence-corrected chi connectivity index (χ0v) is 20.8. The third kappa shape index (κ3) is 26.8. The lowest BCUT2D eigenvalue weighted by Crippen LogP contribution is -2.11. The largest absolute Gasteiger partial charge is 0.396 e. The summed E-state index contributed by atoms with van der Waals surface area (Å²) in [5.74, 6) is 0. The highest BCUT2D eigenvalue weighted by molar-refractivity contribution is 7.44. The van der Waals surface area contributed by atoms with Crippen LogP contribution in [0, 0.1) is 0 Å². The lowest BCUT2D eigenvalue weighted by molar-refractivity contribution is 0.282. The van der Waals surface area contributed by atoms with E-state index in [-0.39, 0.29) is 0 Å². The number of unbranched alkanes of at least 4 members (excludes halogenated alkanes) is 19. The van der Waals surface area contributed by atoms with Gasteiger partial charge in [0.2, 0.25) is 6.69 Å². The minimum atomic E-state index is -1.83. The first-order valence-corrected chi connectivity index (χ1v) is 16.8. The topological polar surface area (TPSA) is 20.2 Å². The quantitative estimate of drug-likeness (QED) is 0.101. The van der Waals surface area contributed by atoms with Crippen LogP contribution in [0.3, 0.4) is 0 Å². The lowest BCUT2D eigenvalue weighted by Gasteiger charge is -2.09. The standard InChI is InChI=1S/C23H48Cl2OSi/c1-27(24,25)23-21-19-17-15-13-11-9-7-5-3-2-4-6-8-10-12-14-16-18-20-22-26/h26H,2-23H2,1H3. The Morgan fingerprint density at radius 1 is 0.444 bits per heavy atom. The van der Waals surface area contributed by atoms with E-state index in [4.69, 9.17) is 27.3 Å². The van der Waals surface area contributed by atoms with Crippen LogP contribution in [0.2, 0.25) is 12.6 Å². The highest BCUT2D eigenvalue weighted by Crippen LogP contribution is 2.23. The molecule has 0 amide bonds. The van der Waals surface area contributed by atoms with E-state index in [9.17, 15) is 0 Å². The average Bonchev–Trinajstić information content (AvgIpc) is 2.62. The lowest BCUT2D eigenvalue weighted by atomic mass is 10.0. The number of aliphatic hydroxyl groups is 1. The van der Waals surface area contributed by atoms with Gasteiger partial charge in [-0.3, -0.25) is 0 Å². The van der Waals surface area contributed by atoms with Crippen molar-refractivity contribution < 1.29 is 5.11 Å². The van der Waals surface area contributed by atoms with Gasteiger partial charge in [-0.25, -0.2) is 0 Å². The predicted molar refractivity (Wildman–Crippen MR) is 128 cm³/mol. The van der Waals surface area contributed by atoms with E-state index in [1.165, 1.54) is 122 Å². The van der Waals surface area contributed by atoms with Crippen LogP contribution in [0.5, 0.6) is 0 Å². The molecule has 0 radical (unpaired) electrons. The van der Waals surface area contributed by atoms with Crippen molar-refractivity contribution in [1.82, 2.24) is 0 Å². The van der Waals surface area contributed by atoms with Gasteiger partial charge in [-0.2, -0.15) is 0 Å². The zero-order valence-electron chi connectivity index (χ0n) is 18.3. The Morgan fingerprint density at radius 3 is 0.889 bits per heavy atom.